The number of phenolic OH excluding ortho intramolecular Hbond substituents is 1. The zero-order chi connectivity index (χ0) is 17.7. The monoisotopic (exact) mass is 455 g/mol. The first-order valence-corrected chi connectivity index (χ1v) is 9.63. The van der Waals surface area contributed by atoms with Crippen LogP contribution in [0.3, 0.4) is 0 Å². The molecule has 0 radical (unpaired) electrons. The molecule has 0 heterocycles. The molecule has 5 heteroatoms. The Hall–Kier alpha value is -0.880. The standard InChI is InChI=1S/C19H23Br2NO2/c1-12(8-9-14-6-4-3-5-7-14)22-13(2)18(23)15-10-16(20)19(24)17(21)11-15/h3-7,10-13,18,22-24H,8-9H2,1-2H3. The highest BCUT2D eigenvalue weighted by atomic mass is 79.9. The van der Waals surface area contributed by atoms with Crippen molar-refractivity contribution in [3.05, 3.63) is 62.5 Å². The Morgan fingerprint density at radius 3 is 2.21 bits per heavy atom. The second kappa shape index (κ2) is 8.99. The Bertz CT molecular complexity index is 641. The van der Waals surface area contributed by atoms with Gasteiger partial charge in [0.15, 0.2) is 0 Å². The molecule has 3 atom stereocenters. The van der Waals surface area contributed by atoms with Gasteiger partial charge in [-0.15, -0.1) is 0 Å². The number of aliphatic hydroxyl groups excluding tert-OH is 1. The third-order valence-electron chi connectivity index (χ3n) is 4.11. The summed E-state index contributed by atoms with van der Waals surface area (Å²) in [6, 6.07) is 14.1. The van der Waals surface area contributed by atoms with Crippen LogP contribution in [-0.2, 0) is 6.42 Å². The van der Waals surface area contributed by atoms with E-state index in [4.69, 9.17) is 0 Å². The van der Waals surface area contributed by atoms with Crippen molar-refractivity contribution in [1.29, 1.82) is 0 Å². The summed E-state index contributed by atoms with van der Waals surface area (Å²) >= 11 is 6.61. The smallest absolute Gasteiger partial charge is 0.143 e. The third kappa shape index (κ3) is 5.31. The first-order chi connectivity index (χ1) is 11.4. The minimum absolute atomic E-state index is 0.0980. The molecule has 24 heavy (non-hydrogen) atoms. The van der Waals surface area contributed by atoms with E-state index in [9.17, 15) is 10.2 Å². The molecule has 2 rings (SSSR count). The van der Waals surface area contributed by atoms with Crippen LogP contribution in [0.2, 0.25) is 0 Å². The van der Waals surface area contributed by atoms with E-state index < -0.39 is 6.10 Å². The second-order valence-electron chi connectivity index (χ2n) is 6.16. The number of aryl methyl sites for hydroxylation is 1. The molecule has 0 aliphatic rings. The summed E-state index contributed by atoms with van der Waals surface area (Å²) in [6.45, 7) is 4.10. The van der Waals surface area contributed by atoms with E-state index >= 15 is 0 Å². The molecule has 0 aliphatic heterocycles. The van der Waals surface area contributed by atoms with Crippen molar-refractivity contribution in [1.82, 2.24) is 5.32 Å². The van der Waals surface area contributed by atoms with Crippen molar-refractivity contribution in [3.8, 4) is 5.75 Å². The number of phenols is 1. The number of aliphatic hydroxyl groups is 1. The number of hydrogen-bond acceptors (Lipinski definition) is 3. The van der Waals surface area contributed by atoms with Gasteiger partial charge in [-0.2, -0.15) is 0 Å². The molecule has 0 aliphatic carbocycles. The van der Waals surface area contributed by atoms with Gasteiger partial charge in [-0.3, -0.25) is 0 Å². The first kappa shape index (κ1) is 19.4. The van der Waals surface area contributed by atoms with Gasteiger partial charge in [0.1, 0.15) is 5.75 Å². The number of nitrogens with one attached hydrogen (secondary N) is 1. The van der Waals surface area contributed by atoms with Crippen molar-refractivity contribution in [2.45, 2.75) is 44.9 Å². The lowest BCUT2D eigenvalue weighted by atomic mass is 10.0. The van der Waals surface area contributed by atoms with Crippen LogP contribution in [0, 0.1) is 0 Å². The molecule has 0 saturated carbocycles. The average Bonchev–Trinajstić information content (AvgIpc) is 2.57. The fourth-order valence-electron chi connectivity index (χ4n) is 2.70. The lowest BCUT2D eigenvalue weighted by Gasteiger charge is -2.25. The van der Waals surface area contributed by atoms with E-state index in [-0.39, 0.29) is 11.8 Å². The molecule has 0 spiro atoms. The normalized spacial score (nSPS) is 15.0. The maximum absolute atomic E-state index is 10.6. The summed E-state index contributed by atoms with van der Waals surface area (Å²) in [6.07, 6.45) is 1.36. The van der Waals surface area contributed by atoms with E-state index in [2.05, 4.69) is 68.4 Å². The predicted molar refractivity (Wildman–Crippen MR) is 105 cm³/mol. The van der Waals surface area contributed by atoms with E-state index in [1.165, 1.54) is 5.56 Å². The van der Waals surface area contributed by atoms with Gasteiger partial charge in [0, 0.05) is 12.1 Å². The van der Waals surface area contributed by atoms with Crippen LogP contribution >= 0.6 is 31.9 Å². The number of aromatic hydroxyl groups is 1. The Morgan fingerprint density at radius 1 is 1.04 bits per heavy atom. The van der Waals surface area contributed by atoms with Crippen LogP contribution < -0.4 is 5.32 Å². The molecule has 0 amide bonds. The highest BCUT2D eigenvalue weighted by molar-refractivity contribution is 9.11. The van der Waals surface area contributed by atoms with Gasteiger partial charge in [-0.25, -0.2) is 0 Å². The van der Waals surface area contributed by atoms with Crippen LogP contribution in [0.1, 0.15) is 37.5 Å². The predicted octanol–water partition coefficient (Wildman–Crippen LogP) is 4.95. The summed E-state index contributed by atoms with van der Waals surface area (Å²) in [5.41, 5.74) is 2.08. The second-order valence-corrected chi connectivity index (χ2v) is 7.87. The van der Waals surface area contributed by atoms with Crippen molar-refractivity contribution in [2.75, 3.05) is 0 Å². The molecule has 2 aromatic rings. The van der Waals surface area contributed by atoms with Crippen LogP contribution in [0.15, 0.2) is 51.4 Å². The largest absolute Gasteiger partial charge is 0.506 e. The summed E-state index contributed by atoms with van der Waals surface area (Å²) in [5, 5.41) is 23.8. The molecule has 3 unspecified atom stereocenters. The van der Waals surface area contributed by atoms with Crippen molar-refractivity contribution in [3.63, 3.8) is 0 Å². The fourth-order valence-corrected chi connectivity index (χ4v) is 3.92. The highest BCUT2D eigenvalue weighted by Crippen LogP contribution is 2.35. The molecule has 130 valence electrons. The Morgan fingerprint density at radius 2 is 1.62 bits per heavy atom. The number of hydrogen-bond donors (Lipinski definition) is 3. The zero-order valence-corrected chi connectivity index (χ0v) is 17.0. The third-order valence-corrected chi connectivity index (χ3v) is 5.32. The SMILES string of the molecule is CC(CCc1ccccc1)NC(C)C(O)c1cc(Br)c(O)c(Br)c1. The molecule has 3 N–H and O–H groups in total. The molecule has 0 fully saturated rings. The summed E-state index contributed by atoms with van der Waals surface area (Å²) in [4.78, 5) is 0. The van der Waals surface area contributed by atoms with Gasteiger partial charge in [-0.05, 0) is 81.8 Å². The minimum Gasteiger partial charge on any atom is -0.506 e. The molecule has 0 aromatic heterocycles. The molecule has 0 bridgehead atoms. The van der Waals surface area contributed by atoms with E-state index in [1.54, 1.807) is 12.1 Å². The summed E-state index contributed by atoms with van der Waals surface area (Å²) in [5.74, 6) is 0.141. The van der Waals surface area contributed by atoms with Gasteiger partial charge >= 0.3 is 0 Å². The van der Waals surface area contributed by atoms with E-state index in [0.717, 1.165) is 18.4 Å². The van der Waals surface area contributed by atoms with Gasteiger partial charge < -0.3 is 15.5 Å². The number of benzene rings is 2. The quantitative estimate of drug-likeness (QED) is 0.552. The first-order valence-electron chi connectivity index (χ1n) is 8.04. The van der Waals surface area contributed by atoms with Crippen LogP contribution in [-0.4, -0.2) is 22.3 Å². The minimum atomic E-state index is -0.655. The Labute approximate surface area is 160 Å². The lowest BCUT2D eigenvalue weighted by molar-refractivity contribution is 0.129. The molecule has 3 nitrogen and oxygen atoms in total. The van der Waals surface area contributed by atoms with Crippen LogP contribution in [0.5, 0.6) is 5.75 Å². The van der Waals surface area contributed by atoms with Crippen molar-refractivity contribution in [2.24, 2.45) is 0 Å². The van der Waals surface area contributed by atoms with E-state index in [1.807, 2.05) is 13.0 Å². The zero-order valence-electron chi connectivity index (χ0n) is 13.8. The van der Waals surface area contributed by atoms with Crippen molar-refractivity contribution < 1.29 is 10.2 Å². The van der Waals surface area contributed by atoms with Crippen LogP contribution in [0.25, 0.3) is 0 Å². The molecular formula is C19H23Br2NO2. The lowest BCUT2D eigenvalue weighted by Crippen LogP contribution is -2.38. The average molecular weight is 457 g/mol. The van der Waals surface area contributed by atoms with Gasteiger partial charge in [0.2, 0.25) is 0 Å². The maximum atomic E-state index is 10.6. The van der Waals surface area contributed by atoms with Gasteiger partial charge in [0.25, 0.3) is 0 Å². The number of rotatable bonds is 7. The van der Waals surface area contributed by atoms with Gasteiger partial charge in [0.05, 0.1) is 15.0 Å². The maximum Gasteiger partial charge on any atom is 0.143 e. The summed E-state index contributed by atoms with van der Waals surface area (Å²) < 4.78 is 1.13. The van der Waals surface area contributed by atoms with Crippen molar-refractivity contribution >= 4 is 31.9 Å². The Kier molecular flexibility index (Phi) is 7.29. The van der Waals surface area contributed by atoms with Crippen LogP contribution in [0.4, 0.5) is 0 Å². The molecular weight excluding hydrogens is 434 g/mol. The highest BCUT2D eigenvalue weighted by Gasteiger charge is 2.20. The molecule has 0 saturated heterocycles. The Balaban J connectivity index is 1.92. The summed E-state index contributed by atoms with van der Waals surface area (Å²) in [7, 11) is 0. The molecule has 2 aromatic carbocycles. The van der Waals surface area contributed by atoms with Gasteiger partial charge in [-0.1, -0.05) is 30.3 Å². The van der Waals surface area contributed by atoms with E-state index in [0.29, 0.717) is 15.0 Å². The topological polar surface area (TPSA) is 52.5 Å². The number of halogens is 2. The fraction of sp³-hybridized carbons (Fsp3) is 0.368.